The average molecular weight is 374 g/mol. The zero-order valence-electron chi connectivity index (χ0n) is 15.8. The summed E-state index contributed by atoms with van der Waals surface area (Å²) < 4.78 is 9.47. The standard InChI is InChI=1S/C21H22N6O/c1-2-17-16-6-7-18(19-8-12-23-27(19)20-5-3-4-11-22-20)24-21(16)26(25-17)15-9-13-28-14-10-15/h3-8,11-12,15H,2,9-10,13-14H2,1H3. The van der Waals surface area contributed by atoms with Crippen molar-refractivity contribution >= 4 is 11.0 Å². The molecule has 4 aromatic heterocycles. The minimum atomic E-state index is 0.333. The summed E-state index contributed by atoms with van der Waals surface area (Å²) in [5, 5.41) is 10.5. The fourth-order valence-electron chi connectivity index (χ4n) is 3.83. The zero-order valence-corrected chi connectivity index (χ0v) is 15.8. The molecule has 1 aliphatic heterocycles. The lowest BCUT2D eigenvalue weighted by Crippen LogP contribution is -2.21. The van der Waals surface area contributed by atoms with Gasteiger partial charge in [0.15, 0.2) is 11.5 Å². The van der Waals surface area contributed by atoms with Gasteiger partial charge in [-0.1, -0.05) is 13.0 Å². The highest BCUT2D eigenvalue weighted by Crippen LogP contribution is 2.29. The van der Waals surface area contributed by atoms with Crippen LogP contribution in [0.25, 0.3) is 28.2 Å². The van der Waals surface area contributed by atoms with Crippen LogP contribution in [0.2, 0.25) is 0 Å². The second-order valence-corrected chi connectivity index (χ2v) is 6.97. The number of hydrogen-bond acceptors (Lipinski definition) is 5. The average Bonchev–Trinajstić information content (AvgIpc) is 3.39. The minimum Gasteiger partial charge on any atom is -0.381 e. The van der Waals surface area contributed by atoms with E-state index < -0.39 is 0 Å². The smallest absolute Gasteiger partial charge is 0.159 e. The zero-order chi connectivity index (χ0) is 18.9. The summed E-state index contributed by atoms with van der Waals surface area (Å²) in [4.78, 5) is 9.44. The third-order valence-corrected chi connectivity index (χ3v) is 5.27. The maximum absolute atomic E-state index is 5.53. The fourth-order valence-corrected chi connectivity index (χ4v) is 3.83. The summed E-state index contributed by atoms with van der Waals surface area (Å²) in [5.41, 5.74) is 3.82. The highest BCUT2D eigenvalue weighted by molar-refractivity contribution is 5.81. The molecule has 0 amide bonds. The molecule has 0 saturated carbocycles. The SMILES string of the molecule is CCc1nn(C2CCOCC2)c2nc(-c3ccnn3-c3ccccn3)ccc12. The van der Waals surface area contributed by atoms with Gasteiger partial charge in [0.05, 0.1) is 29.3 Å². The van der Waals surface area contributed by atoms with Crippen LogP contribution in [0.3, 0.4) is 0 Å². The first-order chi connectivity index (χ1) is 13.8. The van der Waals surface area contributed by atoms with Crippen LogP contribution in [0, 0.1) is 0 Å². The predicted molar refractivity (Wildman–Crippen MR) is 106 cm³/mol. The van der Waals surface area contributed by atoms with Crippen molar-refractivity contribution in [2.45, 2.75) is 32.2 Å². The molecule has 0 aromatic carbocycles. The van der Waals surface area contributed by atoms with E-state index in [2.05, 4.69) is 27.8 Å². The molecule has 0 bridgehead atoms. The lowest BCUT2D eigenvalue weighted by molar-refractivity contribution is 0.0672. The number of nitrogens with zero attached hydrogens (tertiary/aromatic N) is 6. The molecule has 28 heavy (non-hydrogen) atoms. The molecule has 5 rings (SSSR count). The molecule has 1 saturated heterocycles. The van der Waals surface area contributed by atoms with Crippen LogP contribution in [0.5, 0.6) is 0 Å². The highest BCUT2D eigenvalue weighted by Gasteiger charge is 2.22. The van der Waals surface area contributed by atoms with Crippen molar-refractivity contribution in [3.8, 4) is 17.2 Å². The van der Waals surface area contributed by atoms with Gasteiger partial charge in [-0.05, 0) is 49.6 Å². The van der Waals surface area contributed by atoms with E-state index in [1.807, 2.05) is 35.0 Å². The summed E-state index contributed by atoms with van der Waals surface area (Å²) in [6, 6.07) is 12.3. The first-order valence-corrected chi connectivity index (χ1v) is 9.77. The van der Waals surface area contributed by atoms with Crippen molar-refractivity contribution in [1.29, 1.82) is 0 Å². The van der Waals surface area contributed by atoms with Gasteiger partial charge in [0.2, 0.25) is 0 Å². The Labute approximate surface area is 163 Å². The number of rotatable bonds is 4. The van der Waals surface area contributed by atoms with Gasteiger partial charge in [0, 0.05) is 24.8 Å². The molecule has 7 nitrogen and oxygen atoms in total. The van der Waals surface area contributed by atoms with Crippen molar-refractivity contribution in [3.05, 3.63) is 54.5 Å². The summed E-state index contributed by atoms with van der Waals surface area (Å²) in [5.74, 6) is 0.775. The molecule has 4 aromatic rings. The minimum absolute atomic E-state index is 0.333. The van der Waals surface area contributed by atoms with Gasteiger partial charge >= 0.3 is 0 Å². The normalized spacial score (nSPS) is 15.3. The lowest BCUT2D eigenvalue weighted by Gasteiger charge is -2.22. The van der Waals surface area contributed by atoms with E-state index in [0.29, 0.717) is 6.04 Å². The summed E-state index contributed by atoms with van der Waals surface area (Å²) in [6.07, 6.45) is 6.38. The fraction of sp³-hybridized carbons (Fsp3) is 0.333. The maximum atomic E-state index is 5.53. The molecule has 142 valence electrons. The van der Waals surface area contributed by atoms with Crippen LogP contribution in [-0.4, -0.2) is 42.7 Å². The molecular formula is C21H22N6O. The summed E-state index contributed by atoms with van der Waals surface area (Å²) in [7, 11) is 0. The monoisotopic (exact) mass is 374 g/mol. The lowest BCUT2D eigenvalue weighted by atomic mass is 10.1. The van der Waals surface area contributed by atoms with Crippen LogP contribution >= 0.6 is 0 Å². The van der Waals surface area contributed by atoms with Crippen LogP contribution in [0.4, 0.5) is 0 Å². The third-order valence-electron chi connectivity index (χ3n) is 5.27. The molecule has 0 atom stereocenters. The molecule has 0 unspecified atom stereocenters. The number of fused-ring (bicyclic) bond motifs is 1. The van der Waals surface area contributed by atoms with Gasteiger partial charge in [-0.25, -0.2) is 19.3 Å². The molecule has 0 aliphatic carbocycles. The third kappa shape index (κ3) is 2.88. The summed E-state index contributed by atoms with van der Waals surface area (Å²) in [6.45, 7) is 3.69. The molecule has 1 aliphatic rings. The number of ether oxygens (including phenoxy) is 1. The van der Waals surface area contributed by atoms with Crippen LogP contribution in [-0.2, 0) is 11.2 Å². The maximum Gasteiger partial charge on any atom is 0.159 e. The molecule has 0 spiro atoms. The van der Waals surface area contributed by atoms with E-state index in [1.165, 1.54) is 0 Å². The Morgan fingerprint density at radius 2 is 1.96 bits per heavy atom. The van der Waals surface area contributed by atoms with Gasteiger partial charge < -0.3 is 4.74 Å². The quantitative estimate of drug-likeness (QED) is 0.546. The molecule has 0 radical (unpaired) electrons. The van der Waals surface area contributed by atoms with Crippen molar-refractivity contribution < 1.29 is 4.74 Å². The van der Waals surface area contributed by atoms with Gasteiger partial charge in [0.1, 0.15) is 0 Å². The Balaban J connectivity index is 1.63. The largest absolute Gasteiger partial charge is 0.381 e. The predicted octanol–water partition coefficient (Wildman–Crippen LogP) is 3.59. The molecule has 0 N–H and O–H groups in total. The van der Waals surface area contributed by atoms with Crippen LogP contribution < -0.4 is 0 Å². The summed E-state index contributed by atoms with van der Waals surface area (Å²) >= 11 is 0. The van der Waals surface area contributed by atoms with Gasteiger partial charge in [-0.15, -0.1) is 0 Å². The van der Waals surface area contributed by atoms with Crippen LogP contribution in [0.1, 0.15) is 31.5 Å². The second-order valence-electron chi connectivity index (χ2n) is 6.97. The van der Waals surface area contributed by atoms with Gasteiger partial charge in [-0.3, -0.25) is 0 Å². The van der Waals surface area contributed by atoms with Crippen molar-refractivity contribution in [2.24, 2.45) is 0 Å². The van der Waals surface area contributed by atoms with Crippen molar-refractivity contribution in [1.82, 2.24) is 29.5 Å². The Bertz CT molecular complexity index is 1090. The molecule has 5 heterocycles. The molecule has 1 fully saturated rings. The topological polar surface area (TPSA) is 70.7 Å². The van der Waals surface area contributed by atoms with Gasteiger partial charge in [-0.2, -0.15) is 10.2 Å². The van der Waals surface area contributed by atoms with E-state index in [1.54, 1.807) is 12.4 Å². The van der Waals surface area contributed by atoms with Crippen molar-refractivity contribution in [2.75, 3.05) is 13.2 Å². The van der Waals surface area contributed by atoms with E-state index in [9.17, 15) is 0 Å². The Morgan fingerprint density at radius 1 is 1.07 bits per heavy atom. The number of pyridine rings is 2. The van der Waals surface area contributed by atoms with Crippen molar-refractivity contribution in [3.63, 3.8) is 0 Å². The Hall–Kier alpha value is -3.06. The Morgan fingerprint density at radius 3 is 2.75 bits per heavy atom. The van der Waals surface area contributed by atoms with Gasteiger partial charge in [0.25, 0.3) is 0 Å². The number of aromatic nitrogens is 6. The molecule has 7 heteroatoms. The Kier molecular flexibility index (Phi) is 4.37. The highest BCUT2D eigenvalue weighted by atomic mass is 16.5. The van der Waals surface area contributed by atoms with Crippen LogP contribution in [0.15, 0.2) is 48.8 Å². The van der Waals surface area contributed by atoms with E-state index in [0.717, 1.165) is 66.4 Å². The first kappa shape index (κ1) is 17.1. The second kappa shape index (κ2) is 7.16. The first-order valence-electron chi connectivity index (χ1n) is 9.77. The van der Waals surface area contributed by atoms with E-state index in [4.69, 9.17) is 14.8 Å². The van der Waals surface area contributed by atoms with E-state index >= 15 is 0 Å². The number of aryl methyl sites for hydroxylation is 1. The molecular weight excluding hydrogens is 352 g/mol. The number of hydrogen-bond donors (Lipinski definition) is 0. The van der Waals surface area contributed by atoms with E-state index in [-0.39, 0.29) is 0 Å².